The van der Waals surface area contributed by atoms with Gasteiger partial charge in [0.2, 0.25) is 6.79 Å². The predicted molar refractivity (Wildman–Crippen MR) is 79.0 cm³/mol. The van der Waals surface area contributed by atoms with Gasteiger partial charge in [-0.1, -0.05) is 0 Å². The third kappa shape index (κ3) is 3.51. The van der Waals surface area contributed by atoms with Crippen molar-refractivity contribution >= 4 is 5.69 Å². The molecule has 0 unspecified atom stereocenters. The molecule has 0 bridgehead atoms. The van der Waals surface area contributed by atoms with Gasteiger partial charge < -0.3 is 24.7 Å². The van der Waals surface area contributed by atoms with Crippen molar-refractivity contribution in [2.45, 2.75) is 6.42 Å². The average Bonchev–Trinajstić information content (AvgIpc) is 2.96. The van der Waals surface area contributed by atoms with Crippen LogP contribution < -0.4 is 24.7 Å². The van der Waals surface area contributed by atoms with Gasteiger partial charge in [0.15, 0.2) is 11.5 Å². The summed E-state index contributed by atoms with van der Waals surface area (Å²) in [6.07, 6.45) is 0.790. The van der Waals surface area contributed by atoms with E-state index in [0.717, 1.165) is 35.1 Å². The number of hydrogen-bond acceptors (Lipinski definition) is 5. The van der Waals surface area contributed by atoms with Crippen molar-refractivity contribution in [3.05, 3.63) is 42.5 Å². The van der Waals surface area contributed by atoms with Gasteiger partial charge >= 0.3 is 0 Å². The third-order valence-corrected chi connectivity index (χ3v) is 3.05. The zero-order chi connectivity index (χ0) is 14.5. The van der Waals surface area contributed by atoms with Gasteiger partial charge in [-0.15, -0.1) is 0 Å². The van der Waals surface area contributed by atoms with Crippen molar-refractivity contribution in [3.8, 4) is 23.0 Å². The van der Waals surface area contributed by atoms with Crippen LogP contribution in [-0.4, -0.2) is 20.0 Å². The summed E-state index contributed by atoms with van der Waals surface area (Å²) in [5.74, 6) is 3.07. The molecule has 0 saturated carbocycles. The first-order valence-corrected chi connectivity index (χ1v) is 6.82. The molecule has 2 N–H and O–H groups in total. The lowest BCUT2D eigenvalue weighted by molar-refractivity contribution is 0.173. The lowest BCUT2D eigenvalue weighted by Crippen LogP contribution is -2.05. The van der Waals surface area contributed by atoms with E-state index in [1.165, 1.54) is 0 Å². The summed E-state index contributed by atoms with van der Waals surface area (Å²) in [6.45, 7) is 1.44. The Balaban J connectivity index is 1.39. The van der Waals surface area contributed by atoms with Crippen molar-refractivity contribution in [2.24, 2.45) is 0 Å². The lowest BCUT2D eigenvalue weighted by Gasteiger charge is -2.08. The fraction of sp³-hybridized carbons (Fsp3) is 0.250. The van der Waals surface area contributed by atoms with Crippen LogP contribution in [0.15, 0.2) is 42.5 Å². The van der Waals surface area contributed by atoms with Gasteiger partial charge in [0, 0.05) is 18.2 Å². The van der Waals surface area contributed by atoms with E-state index in [-0.39, 0.29) is 6.79 Å². The topological polar surface area (TPSA) is 62.9 Å². The maximum absolute atomic E-state index is 5.65. The molecule has 0 saturated heterocycles. The van der Waals surface area contributed by atoms with Gasteiger partial charge in [-0.25, -0.2) is 0 Å². The highest BCUT2D eigenvalue weighted by Gasteiger charge is 2.13. The fourth-order valence-electron chi connectivity index (χ4n) is 1.97. The van der Waals surface area contributed by atoms with Crippen molar-refractivity contribution < 1.29 is 18.9 Å². The summed E-state index contributed by atoms with van der Waals surface area (Å²) in [4.78, 5) is 0. The molecule has 1 aliphatic heterocycles. The molecule has 0 amide bonds. The largest absolute Gasteiger partial charge is 0.493 e. The second-order valence-electron chi connectivity index (χ2n) is 4.63. The van der Waals surface area contributed by atoms with Crippen LogP contribution in [0.3, 0.4) is 0 Å². The first-order valence-electron chi connectivity index (χ1n) is 6.82. The Morgan fingerprint density at radius 2 is 1.52 bits per heavy atom. The Labute approximate surface area is 123 Å². The van der Waals surface area contributed by atoms with Gasteiger partial charge in [0.1, 0.15) is 11.5 Å². The smallest absolute Gasteiger partial charge is 0.231 e. The Morgan fingerprint density at radius 1 is 0.857 bits per heavy atom. The highest BCUT2D eigenvalue weighted by molar-refractivity contribution is 5.46. The molecule has 2 aromatic carbocycles. The standard InChI is InChI=1S/C16H17NO4/c17-12-2-4-13(5-3-12)18-8-1-9-19-14-6-7-15-16(10-14)21-11-20-15/h2-7,10H,1,8-9,11,17H2. The zero-order valence-corrected chi connectivity index (χ0v) is 11.6. The minimum Gasteiger partial charge on any atom is -0.493 e. The van der Waals surface area contributed by atoms with E-state index >= 15 is 0 Å². The molecule has 0 radical (unpaired) electrons. The number of hydrogen-bond donors (Lipinski definition) is 1. The highest BCUT2D eigenvalue weighted by atomic mass is 16.7. The number of anilines is 1. The number of fused-ring (bicyclic) bond motifs is 1. The van der Waals surface area contributed by atoms with Crippen LogP contribution in [0.5, 0.6) is 23.0 Å². The molecule has 3 rings (SSSR count). The van der Waals surface area contributed by atoms with Crippen LogP contribution >= 0.6 is 0 Å². The van der Waals surface area contributed by atoms with Gasteiger partial charge in [-0.2, -0.15) is 0 Å². The summed E-state index contributed by atoms with van der Waals surface area (Å²) in [5, 5.41) is 0. The fourth-order valence-corrected chi connectivity index (χ4v) is 1.97. The molecule has 21 heavy (non-hydrogen) atoms. The van der Waals surface area contributed by atoms with E-state index in [1.807, 2.05) is 42.5 Å². The second kappa shape index (κ2) is 6.26. The van der Waals surface area contributed by atoms with Crippen molar-refractivity contribution in [2.75, 3.05) is 25.7 Å². The minimum atomic E-state index is 0.272. The predicted octanol–water partition coefficient (Wildman–Crippen LogP) is 2.85. The van der Waals surface area contributed by atoms with Gasteiger partial charge in [0.25, 0.3) is 0 Å². The minimum absolute atomic E-state index is 0.272. The molecule has 0 aromatic heterocycles. The number of ether oxygens (including phenoxy) is 4. The molecule has 0 spiro atoms. The first kappa shape index (κ1) is 13.4. The molecular weight excluding hydrogens is 270 g/mol. The summed E-state index contributed by atoms with van der Waals surface area (Å²) >= 11 is 0. The average molecular weight is 287 g/mol. The maximum Gasteiger partial charge on any atom is 0.231 e. The maximum atomic E-state index is 5.65. The van der Waals surface area contributed by atoms with E-state index < -0.39 is 0 Å². The molecule has 5 heteroatoms. The number of benzene rings is 2. The molecule has 0 atom stereocenters. The van der Waals surface area contributed by atoms with Crippen LogP contribution in [0, 0.1) is 0 Å². The molecule has 1 heterocycles. The normalized spacial score (nSPS) is 12.2. The van der Waals surface area contributed by atoms with Gasteiger partial charge in [-0.3, -0.25) is 0 Å². The summed E-state index contributed by atoms with van der Waals surface area (Å²) in [6, 6.07) is 12.9. The van der Waals surface area contributed by atoms with E-state index in [0.29, 0.717) is 13.2 Å². The Hall–Kier alpha value is -2.56. The van der Waals surface area contributed by atoms with E-state index in [4.69, 9.17) is 24.7 Å². The van der Waals surface area contributed by atoms with Gasteiger partial charge in [-0.05, 0) is 36.4 Å². The van der Waals surface area contributed by atoms with Crippen molar-refractivity contribution in [1.82, 2.24) is 0 Å². The summed E-state index contributed by atoms with van der Waals surface area (Å²) < 4.78 is 21.8. The van der Waals surface area contributed by atoms with Crippen LogP contribution in [-0.2, 0) is 0 Å². The molecular formula is C16H17NO4. The molecule has 5 nitrogen and oxygen atoms in total. The van der Waals surface area contributed by atoms with Crippen molar-refractivity contribution in [1.29, 1.82) is 0 Å². The SMILES string of the molecule is Nc1ccc(OCCCOc2ccc3c(c2)OCO3)cc1. The summed E-state index contributed by atoms with van der Waals surface area (Å²) in [5.41, 5.74) is 6.34. The van der Waals surface area contributed by atoms with E-state index in [2.05, 4.69) is 0 Å². The number of nitrogen functional groups attached to an aromatic ring is 1. The van der Waals surface area contributed by atoms with Crippen LogP contribution in [0.25, 0.3) is 0 Å². The second-order valence-corrected chi connectivity index (χ2v) is 4.63. The van der Waals surface area contributed by atoms with Crippen LogP contribution in [0.2, 0.25) is 0 Å². The van der Waals surface area contributed by atoms with Crippen LogP contribution in [0.4, 0.5) is 5.69 Å². The molecule has 1 aliphatic rings. The number of rotatable bonds is 6. The Bertz CT molecular complexity index is 598. The van der Waals surface area contributed by atoms with E-state index in [1.54, 1.807) is 0 Å². The Morgan fingerprint density at radius 3 is 2.33 bits per heavy atom. The van der Waals surface area contributed by atoms with Crippen molar-refractivity contribution in [3.63, 3.8) is 0 Å². The molecule has 0 fully saturated rings. The lowest BCUT2D eigenvalue weighted by atomic mass is 10.3. The monoisotopic (exact) mass is 287 g/mol. The third-order valence-electron chi connectivity index (χ3n) is 3.05. The van der Waals surface area contributed by atoms with Crippen LogP contribution in [0.1, 0.15) is 6.42 Å². The molecule has 110 valence electrons. The first-order chi connectivity index (χ1) is 10.3. The molecule has 2 aromatic rings. The highest BCUT2D eigenvalue weighted by Crippen LogP contribution is 2.35. The summed E-state index contributed by atoms with van der Waals surface area (Å²) in [7, 11) is 0. The van der Waals surface area contributed by atoms with E-state index in [9.17, 15) is 0 Å². The molecule has 0 aliphatic carbocycles. The zero-order valence-electron chi connectivity index (χ0n) is 11.6. The quantitative estimate of drug-likeness (QED) is 0.654. The Kier molecular flexibility index (Phi) is 4.00. The van der Waals surface area contributed by atoms with Gasteiger partial charge in [0.05, 0.1) is 13.2 Å². The number of nitrogens with two attached hydrogens (primary N) is 1.